The second-order valence-electron chi connectivity index (χ2n) is 2.35. The third kappa shape index (κ3) is 1.05. The molecule has 0 amide bonds. The van der Waals surface area contributed by atoms with Crippen molar-refractivity contribution in [3.63, 3.8) is 0 Å². The smallest absolute Gasteiger partial charge is 0.176 e. The molecule has 0 unspecified atom stereocenters. The molecule has 1 aliphatic rings. The first-order chi connectivity index (χ1) is 4.05. The van der Waals surface area contributed by atoms with E-state index in [-0.39, 0.29) is 6.61 Å². The zero-order chi connectivity index (χ0) is 7.07. The Hall–Kier alpha value is 0.170. The molecule has 0 aliphatic carbocycles. The van der Waals surface area contributed by atoms with E-state index in [1.807, 2.05) is 0 Å². The van der Waals surface area contributed by atoms with Crippen LogP contribution in [0, 0.1) is 0 Å². The van der Waals surface area contributed by atoms with Gasteiger partial charge in [0.2, 0.25) is 0 Å². The Morgan fingerprint density at radius 1 is 1.67 bits per heavy atom. The first-order valence-corrected chi connectivity index (χ1v) is 3.09. The molecule has 3 atom stereocenters. The van der Waals surface area contributed by atoms with Crippen molar-refractivity contribution in [2.75, 3.05) is 6.61 Å². The van der Waals surface area contributed by atoms with E-state index in [9.17, 15) is 0 Å². The molecule has 0 aromatic rings. The van der Waals surface area contributed by atoms with Crippen LogP contribution in [0.3, 0.4) is 0 Å². The molecule has 0 aromatic carbocycles. The van der Waals surface area contributed by atoms with Gasteiger partial charge < -0.3 is 14.9 Å². The highest BCUT2D eigenvalue weighted by Crippen LogP contribution is 2.30. The fraction of sp³-hybridized carbons (Fsp3) is 1.00. The van der Waals surface area contributed by atoms with Crippen molar-refractivity contribution in [2.24, 2.45) is 0 Å². The number of alkyl halides is 1. The molecule has 1 saturated heterocycles. The highest BCUT2D eigenvalue weighted by atomic mass is 35.5. The predicted molar refractivity (Wildman–Crippen MR) is 32.2 cm³/mol. The molecule has 0 aromatic heterocycles. The minimum atomic E-state index is -1.05. The fourth-order valence-corrected chi connectivity index (χ4v) is 0.799. The van der Waals surface area contributed by atoms with E-state index in [1.54, 1.807) is 0 Å². The molecule has 1 fully saturated rings. The summed E-state index contributed by atoms with van der Waals surface area (Å²) in [5.74, 6) is 0. The van der Waals surface area contributed by atoms with E-state index < -0.39 is 17.3 Å². The summed E-state index contributed by atoms with van der Waals surface area (Å²) in [6.45, 7) is 1.65. The SMILES string of the molecule is C[C@@]1(Cl)[C@@H](O)CO[C@@H]1O. The highest BCUT2D eigenvalue weighted by molar-refractivity contribution is 6.24. The van der Waals surface area contributed by atoms with Crippen LogP contribution in [0.5, 0.6) is 0 Å². The van der Waals surface area contributed by atoms with Crippen LogP contribution < -0.4 is 0 Å². The second-order valence-corrected chi connectivity index (χ2v) is 3.17. The summed E-state index contributed by atoms with van der Waals surface area (Å²) >= 11 is 5.64. The minimum absolute atomic E-state index is 0.112. The lowest BCUT2D eigenvalue weighted by Crippen LogP contribution is -2.37. The Balaban J connectivity index is 2.66. The molecule has 0 spiro atoms. The second kappa shape index (κ2) is 2.09. The fourth-order valence-electron chi connectivity index (χ4n) is 0.673. The molecule has 0 bridgehead atoms. The van der Waals surface area contributed by atoms with Gasteiger partial charge in [0.05, 0.1) is 6.61 Å². The van der Waals surface area contributed by atoms with Gasteiger partial charge in [-0.15, -0.1) is 11.6 Å². The van der Waals surface area contributed by atoms with Crippen molar-refractivity contribution < 1.29 is 14.9 Å². The molecule has 4 heteroatoms. The maximum atomic E-state index is 9.01. The molecule has 0 saturated carbocycles. The number of hydrogen-bond acceptors (Lipinski definition) is 3. The van der Waals surface area contributed by atoms with Crippen LogP contribution >= 0.6 is 11.6 Å². The van der Waals surface area contributed by atoms with Crippen molar-refractivity contribution in [2.45, 2.75) is 24.2 Å². The van der Waals surface area contributed by atoms with Crippen LogP contribution in [-0.2, 0) is 4.74 Å². The Bertz CT molecular complexity index is 103. The summed E-state index contributed by atoms with van der Waals surface area (Å²) in [7, 11) is 0. The quantitative estimate of drug-likeness (QED) is 0.469. The first kappa shape index (κ1) is 7.28. The Morgan fingerprint density at radius 3 is 2.33 bits per heavy atom. The van der Waals surface area contributed by atoms with Crippen molar-refractivity contribution in [1.29, 1.82) is 0 Å². The van der Waals surface area contributed by atoms with Gasteiger partial charge in [-0.3, -0.25) is 0 Å². The normalized spacial score (nSPS) is 52.0. The van der Waals surface area contributed by atoms with Gasteiger partial charge in [-0.05, 0) is 6.92 Å². The van der Waals surface area contributed by atoms with Crippen LogP contribution in [0.2, 0.25) is 0 Å². The number of halogens is 1. The molecule has 1 rings (SSSR count). The van der Waals surface area contributed by atoms with Crippen molar-refractivity contribution in [1.82, 2.24) is 0 Å². The standard InChI is InChI=1S/C5H9ClO3/c1-5(6)3(7)2-9-4(5)8/h3-4,7-8H,2H2,1H3/t3-,4-,5+/m0/s1. The molecule has 2 N–H and O–H groups in total. The number of hydrogen-bond donors (Lipinski definition) is 2. The number of aliphatic hydroxyl groups excluding tert-OH is 2. The third-order valence-corrected chi connectivity index (χ3v) is 1.98. The summed E-state index contributed by atoms with van der Waals surface area (Å²) < 4.78 is 4.65. The van der Waals surface area contributed by atoms with Crippen LogP contribution in [0.1, 0.15) is 6.92 Å². The zero-order valence-corrected chi connectivity index (χ0v) is 5.80. The number of rotatable bonds is 0. The van der Waals surface area contributed by atoms with Gasteiger partial charge in [-0.1, -0.05) is 0 Å². The highest BCUT2D eigenvalue weighted by Gasteiger charge is 2.45. The summed E-state index contributed by atoms with van der Waals surface area (Å²) in [5, 5.41) is 17.9. The average Bonchev–Trinajstić information content (AvgIpc) is 1.96. The number of aliphatic hydroxyl groups is 2. The van der Waals surface area contributed by atoms with E-state index in [0.29, 0.717) is 0 Å². The van der Waals surface area contributed by atoms with Crippen LogP contribution in [0.25, 0.3) is 0 Å². The van der Waals surface area contributed by atoms with Gasteiger partial charge in [-0.2, -0.15) is 0 Å². The van der Waals surface area contributed by atoms with Crippen LogP contribution in [0.4, 0.5) is 0 Å². The minimum Gasteiger partial charge on any atom is -0.389 e. The molecular formula is C5H9ClO3. The monoisotopic (exact) mass is 152 g/mol. The zero-order valence-electron chi connectivity index (χ0n) is 5.04. The van der Waals surface area contributed by atoms with E-state index >= 15 is 0 Å². The Kier molecular flexibility index (Phi) is 1.69. The molecule has 1 heterocycles. The van der Waals surface area contributed by atoms with Gasteiger partial charge in [0.25, 0.3) is 0 Å². The summed E-state index contributed by atoms with van der Waals surface area (Å²) in [4.78, 5) is -1.03. The molecule has 0 radical (unpaired) electrons. The number of ether oxygens (including phenoxy) is 1. The largest absolute Gasteiger partial charge is 0.389 e. The lowest BCUT2D eigenvalue weighted by atomic mass is 10.1. The summed E-state index contributed by atoms with van der Waals surface area (Å²) in [6, 6.07) is 0. The molecule has 9 heavy (non-hydrogen) atoms. The van der Waals surface area contributed by atoms with Crippen molar-refractivity contribution in [3.05, 3.63) is 0 Å². The Labute approximate surface area is 58.2 Å². The lowest BCUT2D eigenvalue weighted by Gasteiger charge is -2.20. The summed E-state index contributed by atoms with van der Waals surface area (Å²) in [5.41, 5.74) is 0. The maximum Gasteiger partial charge on any atom is 0.176 e. The first-order valence-electron chi connectivity index (χ1n) is 2.72. The molecular weight excluding hydrogens is 144 g/mol. The van der Waals surface area contributed by atoms with Crippen molar-refractivity contribution in [3.8, 4) is 0 Å². The van der Waals surface area contributed by atoms with E-state index in [4.69, 9.17) is 21.8 Å². The van der Waals surface area contributed by atoms with Gasteiger partial charge >= 0.3 is 0 Å². The van der Waals surface area contributed by atoms with Gasteiger partial charge in [0.1, 0.15) is 11.0 Å². The molecule has 1 aliphatic heterocycles. The summed E-state index contributed by atoms with van der Waals surface area (Å²) in [6.07, 6.45) is -1.82. The van der Waals surface area contributed by atoms with E-state index in [2.05, 4.69) is 4.74 Å². The van der Waals surface area contributed by atoms with E-state index in [0.717, 1.165) is 0 Å². The Morgan fingerprint density at radius 2 is 2.22 bits per heavy atom. The molecule has 54 valence electrons. The van der Waals surface area contributed by atoms with Gasteiger partial charge in [0, 0.05) is 0 Å². The lowest BCUT2D eigenvalue weighted by molar-refractivity contribution is -0.0720. The van der Waals surface area contributed by atoms with Gasteiger partial charge in [0.15, 0.2) is 6.29 Å². The molecule has 3 nitrogen and oxygen atoms in total. The van der Waals surface area contributed by atoms with Crippen LogP contribution in [-0.4, -0.2) is 34.1 Å². The van der Waals surface area contributed by atoms with Crippen molar-refractivity contribution >= 4 is 11.6 Å². The van der Waals surface area contributed by atoms with Crippen LogP contribution in [0.15, 0.2) is 0 Å². The van der Waals surface area contributed by atoms with Gasteiger partial charge in [-0.25, -0.2) is 0 Å². The topological polar surface area (TPSA) is 49.7 Å². The maximum absolute atomic E-state index is 9.01. The van der Waals surface area contributed by atoms with E-state index in [1.165, 1.54) is 6.92 Å². The average molecular weight is 153 g/mol. The predicted octanol–water partition coefficient (Wildman–Crippen LogP) is -0.307. The third-order valence-electron chi connectivity index (χ3n) is 1.55.